The van der Waals surface area contributed by atoms with Gasteiger partial charge in [0.1, 0.15) is 5.75 Å². The molecule has 0 atom stereocenters. The molecule has 0 spiro atoms. The molecule has 0 aliphatic carbocycles. The molecule has 0 aliphatic rings. The van der Waals surface area contributed by atoms with E-state index in [-0.39, 0.29) is 0 Å². The number of hydrogen-bond donors (Lipinski definition) is 1. The Balaban J connectivity index is 2.88. The van der Waals surface area contributed by atoms with Gasteiger partial charge in [0.25, 0.3) is 0 Å². The van der Waals surface area contributed by atoms with Crippen LogP contribution in [0, 0.1) is 2.88 Å². The summed E-state index contributed by atoms with van der Waals surface area (Å²) >= 11 is 9.73. The monoisotopic (exact) mass is 324 g/mol. The van der Waals surface area contributed by atoms with Gasteiger partial charge in [-0.05, 0) is 34.7 Å². The van der Waals surface area contributed by atoms with Crippen molar-refractivity contribution in [3.05, 3.63) is 26.6 Å². The SMILES string of the molecule is Oc1cccc2sc(I)c(CCl)c12. The molecule has 1 aromatic carbocycles. The van der Waals surface area contributed by atoms with E-state index in [4.69, 9.17) is 11.6 Å². The second-order valence-electron chi connectivity index (χ2n) is 2.64. The van der Waals surface area contributed by atoms with Crippen molar-refractivity contribution in [1.82, 2.24) is 0 Å². The Morgan fingerprint density at radius 3 is 2.92 bits per heavy atom. The smallest absolute Gasteiger partial charge is 0.124 e. The standard InChI is InChI=1S/C9H6ClIOS/c10-4-5-8-6(12)2-1-3-7(8)13-9(5)11/h1-3,12H,4H2. The molecule has 1 N–H and O–H groups in total. The molecule has 2 rings (SSSR count). The molecular formula is C9H6ClIOS. The van der Waals surface area contributed by atoms with E-state index in [1.165, 1.54) is 0 Å². The Morgan fingerprint density at radius 2 is 2.23 bits per heavy atom. The van der Waals surface area contributed by atoms with E-state index in [1.54, 1.807) is 17.4 Å². The van der Waals surface area contributed by atoms with Gasteiger partial charge in [-0.3, -0.25) is 0 Å². The molecule has 1 aromatic heterocycles. The summed E-state index contributed by atoms with van der Waals surface area (Å²) < 4.78 is 2.25. The zero-order valence-corrected chi connectivity index (χ0v) is 10.3. The first-order valence-corrected chi connectivity index (χ1v) is 6.12. The first-order valence-electron chi connectivity index (χ1n) is 3.69. The van der Waals surface area contributed by atoms with Crippen molar-refractivity contribution < 1.29 is 5.11 Å². The Bertz CT molecular complexity index is 452. The van der Waals surface area contributed by atoms with Crippen molar-refractivity contribution in [3.8, 4) is 5.75 Å². The summed E-state index contributed by atoms with van der Waals surface area (Å²) in [5.41, 5.74) is 1.04. The van der Waals surface area contributed by atoms with Crippen LogP contribution in [0.1, 0.15) is 5.56 Å². The van der Waals surface area contributed by atoms with E-state index in [9.17, 15) is 5.11 Å². The minimum Gasteiger partial charge on any atom is -0.507 e. The number of rotatable bonds is 1. The third-order valence-corrected chi connectivity index (χ3v) is 4.44. The van der Waals surface area contributed by atoms with Crippen LogP contribution in [-0.2, 0) is 5.88 Å². The average Bonchev–Trinajstić information content (AvgIpc) is 2.42. The van der Waals surface area contributed by atoms with Gasteiger partial charge in [0.05, 0.1) is 8.76 Å². The molecular weight excluding hydrogens is 319 g/mol. The summed E-state index contributed by atoms with van der Waals surface area (Å²) in [6, 6.07) is 5.54. The fraction of sp³-hybridized carbons (Fsp3) is 0.111. The van der Waals surface area contributed by atoms with Crippen molar-refractivity contribution in [3.63, 3.8) is 0 Å². The second kappa shape index (κ2) is 3.63. The number of fused-ring (bicyclic) bond motifs is 1. The lowest BCUT2D eigenvalue weighted by Gasteiger charge is -1.96. The summed E-state index contributed by atoms with van der Waals surface area (Å²) in [5.74, 6) is 0.780. The molecule has 0 amide bonds. The van der Waals surface area contributed by atoms with Crippen molar-refractivity contribution in [2.24, 2.45) is 0 Å². The number of alkyl halides is 1. The number of benzene rings is 1. The molecule has 0 bridgehead atoms. The maximum atomic E-state index is 9.64. The maximum absolute atomic E-state index is 9.64. The molecule has 0 radical (unpaired) electrons. The highest BCUT2D eigenvalue weighted by molar-refractivity contribution is 14.1. The summed E-state index contributed by atoms with van der Waals surface area (Å²) in [5, 5.41) is 10.6. The van der Waals surface area contributed by atoms with E-state index >= 15 is 0 Å². The number of halogens is 2. The lowest BCUT2D eigenvalue weighted by molar-refractivity contribution is 0.481. The van der Waals surface area contributed by atoms with Crippen LogP contribution < -0.4 is 0 Å². The van der Waals surface area contributed by atoms with Crippen LogP contribution in [0.4, 0.5) is 0 Å². The zero-order valence-electron chi connectivity index (χ0n) is 6.55. The van der Waals surface area contributed by atoms with E-state index in [1.807, 2.05) is 12.1 Å². The molecule has 68 valence electrons. The molecule has 0 aliphatic heterocycles. The molecule has 1 heterocycles. The van der Waals surface area contributed by atoms with Gasteiger partial charge in [-0.15, -0.1) is 22.9 Å². The third-order valence-electron chi connectivity index (χ3n) is 1.88. The van der Waals surface area contributed by atoms with Crippen LogP contribution >= 0.6 is 45.5 Å². The fourth-order valence-corrected chi connectivity index (χ4v) is 3.99. The van der Waals surface area contributed by atoms with Gasteiger partial charge in [0.2, 0.25) is 0 Å². The molecule has 1 nitrogen and oxygen atoms in total. The molecule has 0 fully saturated rings. The Labute approximate surface area is 98.5 Å². The summed E-state index contributed by atoms with van der Waals surface area (Å²) in [7, 11) is 0. The summed E-state index contributed by atoms with van der Waals surface area (Å²) in [6.07, 6.45) is 0. The minimum absolute atomic E-state index is 0.326. The lowest BCUT2D eigenvalue weighted by Crippen LogP contribution is -1.77. The third kappa shape index (κ3) is 1.53. The topological polar surface area (TPSA) is 20.2 Å². The van der Waals surface area contributed by atoms with Gasteiger partial charge in [-0.2, -0.15) is 0 Å². The van der Waals surface area contributed by atoms with Gasteiger partial charge < -0.3 is 5.11 Å². The Hall–Kier alpha value is -0.000000000000000167. The van der Waals surface area contributed by atoms with Crippen LogP contribution in [-0.4, -0.2) is 5.11 Å². The van der Waals surface area contributed by atoms with Gasteiger partial charge in [-0.1, -0.05) is 6.07 Å². The van der Waals surface area contributed by atoms with Crippen LogP contribution in [0.25, 0.3) is 10.1 Å². The largest absolute Gasteiger partial charge is 0.507 e. The lowest BCUT2D eigenvalue weighted by atomic mass is 10.2. The highest BCUT2D eigenvalue weighted by Crippen LogP contribution is 2.38. The highest BCUT2D eigenvalue weighted by atomic mass is 127. The normalized spacial score (nSPS) is 10.9. The molecule has 13 heavy (non-hydrogen) atoms. The summed E-state index contributed by atoms with van der Waals surface area (Å²) in [6.45, 7) is 0. The zero-order chi connectivity index (χ0) is 9.42. The van der Waals surface area contributed by atoms with Gasteiger partial charge in [0.15, 0.2) is 0 Å². The number of hydrogen-bond acceptors (Lipinski definition) is 2. The maximum Gasteiger partial charge on any atom is 0.124 e. The molecule has 0 saturated heterocycles. The molecule has 2 aromatic rings. The first-order chi connectivity index (χ1) is 6.24. The Morgan fingerprint density at radius 1 is 1.46 bits per heavy atom. The van der Waals surface area contributed by atoms with Crippen LogP contribution in [0.5, 0.6) is 5.75 Å². The quantitative estimate of drug-likeness (QED) is 0.622. The highest BCUT2D eigenvalue weighted by Gasteiger charge is 2.11. The van der Waals surface area contributed by atoms with Crippen molar-refractivity contribution in [2.45, 2.75) is 5.88 Å². The van der Waals surface area contributed by atoms with Gasteiger partial charge in [0, 0.05) is 15.6 Å². The summed E-state index contributed by atoms with van der Waals surface area (Å²) in [4.78, 5) is 0. The van der Waals surface area contributed by atoms with Crippen molar-refractivity contribution in [1.29, 1.82) is 0 Å². The average molecular weight is 325 g/mol. The van der Waals surface area contributed by atoms with E-state index in [0.29, 0.717) is 11.6 Å². The number of aromatic hydroxyl groups is 1. The predicted molar refractivity (Wildman–Crippen MR) is 65.8 cm³/mol. The number of thiophene rings is 1. The number of phenols is 1. The van der Waals surface area contributed by atoms with Crippen LogP contribution in [0.2, 0.25) is 0 Å². The van der Waals surface area contributed by atoms with E-state index in [0.717, 1.165) is 18.5 Å². The van der Waals surface area contributed by atoms with Gasteiger partial charge >= 0.3 is 0 Å². The van der Waals surface area contributed by atoms with Gasteiger partial charge in [-0.25, -0.2) is 0 Å². The fourth-order valence-electron chi connectivity index (χ4n) is 1.28. The van der Waals surface area contributed by atoms with Crippen LogP contribution in [0.3, 0.4) is 0 Å². The second-order valence-corrected chi connectivity index (χ2v) is 5.77. The van der Waals surface area contributed by atoms with Crippen molar-refractivity contribution >= 4 is 55.6 Å². The minimum atomic E-state index is 0.326. The van der Waals surface area contributed by atoms with Crippen molar-refractivity contribution in [2.75, 3.05) is 0 Å². The van der Waals surface area contributed by atoms with E-state index < -0.39 is 0 Å². The Kier molecular flexibility index (Phi) is 2.67. The molecule has 0 saturated carbocycles. The van der Waals surface area contributed by atoms with E-state index in [2.05, 4.69) is 22.6 Å². The predicted octanol–water partition coefficient (Wildman–Crippen LogP) is 3.95. The number of phenolic OH excluding ortho intramolecular Hbond substituents is 1. The van der Waals surface area contributed by atoms with Crippen LogP contribution in [0.15, 0.2) is 18.2 Å². The first kappa shape index (κ1) is 9.55. The molecule has 4 heteroatoms. The molecule has 0 unspecified atom stereocenters.